The molecular weight excluding hydrogens is 526 g/mol. The normalized spacial score (nSPS) is 27.4. The molecule has 2 saturated heterocycles. The molecule has 1 aliphatic carbocycles. The Morgan fingerprint density at radius 2 is 1.85 bits per heavy atom. The van der Waals surface area contributed by atoms with E-state index >= 15 is 0 Å². The van der Waals surface area contributed by atoms with Gasteiger partial charge in [-0.3, -0.25) is 9.88 Å². The Hall–Kier alpha value is -3.33. The van der Waals surface area contributed by atoms with Crippen LogP contribution in [-0.4, -0.2) is 57.3 Å². The number of hydrogen-bond donors (Lipinski definition) is 0. The molecule has 8 rings (SSSR count). The van der Waals surface area contributed by atoms with Crippen LogP contribution >= 0.6 is 11.6 Å². The van der Waals surface area contributed by atoms with E-state index in [2.05, 4.69) is 55.7 Å². The van der Waals surface area contributed by atoms with Crippen LogP contribution in [0.3, 0.4) is 0 Å². The highest BCUT2D eigenvalue weighted by molar-refractivity contribution is 6.30. The van der Waals surface area contributed by atoms with E-state index in [1.807, 2.05) is 25.1 Å². The number of benzene rings is 2. The summed E-state index contributed by atoms with van der Waals surface area (Å²) in [7, 11) is 0. The maximum Gasteiger partial charge on any atom is 0.292 e. The van der Waals surface area contributed by atoms with Gasteiger partial charge in [-0.1, -0.05) is 29.8 Å². The van der Waals surface area contributed by atoms with Crippen molar-refractivity contribution >= 4 is 28.3 Å². The summed E-state index contributed by atoms with van der Waals surface area (Å²) in [6, 6.07) is 19.2. The average Bonchev–Trinajstić information content (AvgIpc) is 3.44. The fourth-order valence-electron chi connectivity index (χ4n) is 6.67. The van der Waals surface area contributed by atoms with Crippen molar-refractivity contribution in [3.63, 3.8) is 0 Å². The summed E-state index contributed by atoms with van der Waals surface area (Å²) in [4.78, 5) is 14.7. The molecule has 4 aliphatic rings. The maximum absolute atomic E-state index is 6.53. The Bertz CT molecular complexity index is 1570. The molecule has 206 valence electrons. The number of anilines is 1. The predicted octanol–water partition coefficient (Wildman–Crippen LogP) is 5.37. The number of rotatable bonds is 6. The van der Waals surface area contributed by atoms with Gasteiger partial charge in [0.1, 0.15) is 11.5 Å². The molecule has 40 heavy (non-hydrogen) atoms. The Balaban J connectivity index is 1.04. The predicted molar refractivity (Wildman–Crippen MR) is 153 cm³/mol. The summed E-state index contributed by atoms with van der Waals surface area (Å²) in [6.45, 7) is 6.39. The molecule has 5 heterocycles. The van der Waals surface area contributed by atoms with E-state index in [1.54, 1.807) is 6.20 Å². The fraction of sp³-hybridized carbons (Fsp3) is 0.419. The lowest BCUT2D eigenvalue weighted by Gasteiger charge is -2.54. The van der Waals surface area contributed by atoms with E-state index in [9.17, 15) is 0 Å². The van der Waals surface area contributed by atoms with Crippen molar-refractivity contribution in [1.82, 2.24) is 19.4 Å². The summed E-state index contributed by atoms with van der Waals surface area (Å²) in [6.07, 6.45) is 5.39. The van der Waals surface area contributed by atoms with E-state index in [4.69, 9.17) is 30.8 Å². The minimum atomic E-state index is -0.993. The van der Waals surface area contributed by atoms with Gasteiger partial charge in [0, 0.05) is 44.9 Å². The van der Waals surface area contributed by atoms with E-state index < -0.39 is 5.79 Å². The van der Waals surface area contributed by atoms with Crippen molar-refractivity contribution in [2.24, 2.45) is 0 Å². The molecule has 0 unspecified atom stereocenters. The van der Waals surface area contributed by atoms with Gasteiger partial charge in [-0.15, -0.1) is 0 Å². The number of para-hydroxylation sites is 3. The van der Waals surface area contributed by atoms with Gasteiger partial charge in [-0.25, -0.2) is 4.98 Å². The second-order valence-electron chi connectivity index (χ2n) is 11.4. The number of aromatic nitrogens is 3. The highest BCUT2D eigenvalue weighted by Crippen LogP contribution is 2.51. The van der Waals surface area contributed by atoms with Crippen LogP contribution in [0.1, 0.15) is 37.7 Å². The summed E-state index contributed by atoms with van der Waals surface area (Å²) in [5, 5.41) is 0.587. The van der Waals surface area contributed by atoms with E-state index in [0.29, 0.717) is 28.9 Å². The maximum atomic E-state index is 6.53. The third kappa shape index (κ3) is 3.96. The molecule has 0 radical (unpaired) electrons. The van der Waals surface area contributed by atoms with Crippen LogP contribution in [0, 0.1) is 0 Å². The van der Waals surface area contributed by atoms with Crippen molar-refractivity contribution in [2.75, 3.05) is 24.6 Å². The first-order valence-electron chi connectivity index (χ1n) is 14.3. The minimum Gasteiger partial charge on any atom is -0.443 e. The van der Waals surface area contributed by atoms with Gasteiger partial charge < -0.3 is 23.7 Å². The average molecular weight is 558 g/mol. The number of fused-ring (bicyclic) bond motifs is 3. The Morgan fingerprint density at radius 3 is 2.62 bits per heavy atom. The van der Waals surface area contributed by atoms with Gasteiger partial charge in [0.25, 0.3) is 5.79 Å². The lowest BCUT2D eigenvalue weighted by molar-refractivity contribution is -0.0717. The molecule has 0 bridgehead atoms. The Morgan fingerprint density at radius 1 is 0.975 bits per heavy atom. The van der Waals surface area contributed by atoms with Crippen molar-refractivity contribution in [2.45, 2.75) is 63.3 Å². The molecule has 4 aromatic rings. The number of nitrogens with zero attached hydrogens (tertiary/aromatic N) is 5. The lowest BCUT2D eigenvalue weighted by Crippen LogP contribution is -2.64. The molecule has 2 aromatic carbocycles. The van der Waals surface area contributed by atoms with Crippen LogP contribution in [0.2, 0.25) is 5.02 Å². The summed E-state index contributed by atoms with van der Waals surface area (Å²) in [5.41, 5.74) is 4.06. The molecule has 1 saturated carbocycles. The van der Waals surface area contributed by atoms with Gasteiger partial charge in [-0.2, -0.15) is 0 Å². The zero-order valence-electron chi connectivity index (χ0n) is 22.5. The third-order valence-electron chi connectivity index (χ3n) is 9.02. The highest BCUT2D eigenvalue weighted by atomic mass is 35.5. The van der Waals surface area contributed by atoms with Crippen LogP contribution in [0.25, 0.3) is 11.0 Å². The third-order valence-corrected chi connectivity index (χ3v) is 9.24. The first-order chi connectivity index (χ1) is 19.6. The van der Waals surface area contributed by atoms with Gasteiger partial charge in [0.2, 0.25) is 0 Å². The fourth-order valence-corrected chi connectivity index (χ4v) is 6.78. The summed E-state index contributed by atoms with van der Waals surface area (Å²) in [5.74, 6) is 1.69. The summed E-state index contributed by atoms with van der Waals surface area (Å²) < 4.78 is 21.0. The van der Waals surface area contributed by atoms with Crippen molar-refractivity contribution in [3.05, 3.63) is 77.3 Å². The molecule has 0 spiro atoms. The van der Waals surface area contributed by atoms with Gasteiger partial charge >= 0.3 is 0 Å². The first kappa shape index (κ1) is 24.5. The lowest BCUT2D eigenvalue weighted by atomic mass is 9.81. The van der Waals surface area contributed by atoms with Crippen LogP contribution < -0.4 is 14.4 Å². The second-order valence-corrected chi connectivity index (χ2v) is 11.8. The molecule has 3 aliphatic heterocycles. The Labute approximate surface area is 238 Å². The number of halogens is 1. The molecular formula is C31H32ClN5O3. The number of ether oxygens (including phenoxy) is 3. The molecule has 0 N–H and O–H groups in total. The van der Waals surface area contributed by atoms with Gasteiger partial charge in [0.05, 0.1) is 40.9 Å². The van der Waals surface area contributed by atoms with E-state index in [0.717, 1.165) is 74.2 Å². The van der Waals surface area contributed by atoms with Gasteiger partial charge in [0.15, 0.2) is 11.5 Å². The molecule has 0 amide bonds. The SMILES string of the molecule is C[C@]1(c2ccc(Cl)cn2)Oc2cccc(N3CCN(Cc4nc5ccccc5n4C[C@@H]4CCO4)[C@H]4CC[C@H]43)c2O1. The summed E-state index contributed by atoms with van der Waals surface area (Å²) >= 11 is 6.07. The van der Waals surface area contributed by atoms with Crippen LogP contribution in [0.5, 0.6) is 11.5 Å². The number of piperazine rings is 1. The standard InChI is InChI=1S/C31H32ClN5O3/c1-31(28-12-9-20(32)17-33-28)39-27-8-4-7-26(30(27)40-31)36-15-14-35(24-10-11-25(24)36)19-29-34-22-5-2-3-6-23(22)37(29)18-21-13-16-38-21/h2-9,12,17,21,24-25H,10-11,13-16,18-19H2,1H3/t21-,24-,25+,31-/m0/s1. The van der Waals surface area contributed by atoms with E-state index in [-0.39, 0.29) is 0 Å². The van der Waals surface area contributed by atoms with Crippen molar-refractivity contribution in [3.8, 4) is 11.5 Å². The molecule has 8 nitrogen and oxygen atoms in total. The zero-order chi connectivity index (χ0) is 26.8. The number of pyridine rings is 1. The van der Waals surface area contributed by atoms with Gasteiger partial charge in [-0.05, 0) is 55.7 Å². The minimum absolute atomic E-state index is 0.292. The number of hydrogen-bond acceptors (Lipinski definition) is 7. The molecule has 2 aromatic heterocycles. The number of imidazole rings is 1. The zero-order valence-corrected chi connectivity index (χ0v) is 23.3. The topological polar surface area (TPSA) is 64.9 Å². The largest absolute Gasteiger partial charge is 0.443 e. The van der Waals surface area contributed by atoms with E-state index in [1.165, 1.54) is 11.9 Å². The monoisotopic (exact) mass is 557 g/mol. The highest BCUT2D eigenvalue weighted by Gasteiger charge is 2.47. The molecule has 9 heteroatoms. The van der Waals surface area contributed by atoms with Crippen LogP contribution in [0.4, 0.5) is 5.69 Å². The van der Waals surface area contributed by atoms with Crippen molar-refractivity contribution < 1.29 is 14.2 Å². The van der Waals surface area contributed by atoms with Crippen LogP contribution in [0.15, 0.2) is 60.8 Å². The molecule has 3 fully saturated rings. The Kier molecular flexibility index (Phi) is 5.73. The smallest absolute Gasteiger partial charge is 0.292 e. The first-order valence-corrected chi connectivity index (χ1v) is 14.6. The quantitative estimate of drug-likeness (QED) is 0.316. The van der Waals surface area contributed by atoms with Crippen LogP contribution in [-0.2, 0) is 23.6 Å². The second kappa shape index (κ2) is 9.36. The molecule has 4 atom stereocenters. The van der Waals surface area contributed by atoms with Crippen molar-refractivity contribution in [1.29, 1.82) is 0 Å².